The molecule has 4 rings (SSSR count). The highest BCUT2D eigenvalue weighted by molar-refractivity contribution is 5.52. The van der Waals surface area contributed by atoms with Gasteiger partial charge in [-0.3, -0.25) is 9.55 Å². The maximum atomic E-state index is 13.2. The number of hydrogen-bond acceptors (Lipinski definition) is 6. The van der Waals surface area contributed by atoms with Crippen LogP contribution in [0.2, 0.25) is 0 Å². The number of ether oxygens (including phenoxy) is 1. The van der Waals surface area contributed by atoms with Crippen LogP contribution in [-0.2, 0) is 6.54 Å². The standard InChI is InChI=1S/C22H24F3N5O3/c1-15-20(31)30(17-3-5-18(6-4-17)33-22(23,24)25)21(32)29(15)14-16-7-8-26-13-19(16)28-11-9-27(2)10-12-28/h3-8,13,31H,9-12,14H2,1-2H3. The number of likely N-dealkylation sites (N-methyl/N-ethyl adjacent to an activating group) is 1. The molecular weight excluding hydrogens is 439 g/mol. The lowest BCUT2D eigenvalue weighted by molar-refractivity contribution is -0.274. The van der Waals surface area contributed by atoms with Crippen LogP contribution in [0.25, 0.3) is 5.69 Å². The molecule has 1 aliphatic heterocycles. The lowest BCUT2D eigenvalue weighted by Crippen LogP contribution is -2.45. The number of rotatable bonds is 5. The number of alkyl halides is 3. The van der Waals surface area contributed by atoms with Crippen LogP contribution in [-0.4, -0.2) is 63.7 Å². The number of nitrogens with zero attached hydrogens (tertiary/aromatic N) is 5. The monoisotopic (exact) mass is 463 g/mol. The van der Waals surface area contributed by atoms with Gasteiger partial charge in [0.05, 0.1) is 29.8 Å². The van der Waals surface area contributed by atoms with E-state index in [0.29, 0.717) is 5.69 Å². The van der Waals surface area contributed by atoms with Crippen LogP contribution in [0.15, 0.2) is 47.5 Å². The molecule has 1 aromatic carbocycles. The van der Waals surface area contributed by atoms with Crippen LogP contribution in [0.5, 0.6) is 11.6 Å². The van der Waals surface area contributed by atoms with Gasteiger partial charge in [-0.2, -0.15) is 0 Å². The number of imidazole rings is 1. The molecule has 0 spiro atoms. The summed E-state index contributed by atoms with van der Waals surface area (Å²) in [6.07, 6.45) is -1.38. The molecule has 11 heteroatoms. The predicted octanol–water partition coefficient (Wildman–Crippen LogP) is 2.75. The van der Waals surface area contributed by atoms with Crippen molar-refractivity contribution in [2.45, 2.75) is 19.8 Å². The number of pyridine rings is 1. The fourth-order valence-corrected chi connectivity index (χ4v) is 3.90. The van der Waals surface area contributed by atoms with E-state index < -0.39 is 17.8 Å². The van der Waals surface area contributed by atoms with Crippen LogP contribution in [0.4, 0.5) is 18.9 Å². The summed E-state index contributed by atoms with van der Waals surface area (Å²) >= 11 is 0. The number of aromatic nitrogens is 3. The molecule has 1 saturated heterocycles. The van der Waals surface area contributed by atoms with Gasteiger partial charge < -0.3 is 19.6 Å². The normalized spacial score (nSPS) is 15.1. The number of aromatic hydroxyl groups is 1. The number of halogens is 3. The molecule has 2 aromatic heterocycles. The number of benzene rings is 1. The van der Waals surface area contributed by atoms with E-state index >= 15 is 0 Å². The summed E-state index contributed by atoms with van der Waals surface area (Å²) in [6.45, 7) is 5.33. The van der Waals surface area contributed by atoms with E-state index in [0.717, 1.165) is 54.1 Å². The average molecular weight is 463 g/mol. The molecule has 1 fully saturated rings. The summed E-state index contributed by atoms with van der Waals surface area (Å²) in [5.74, 6) is -0.691. The van der Waals surface area contributed by atoms with E-state index in [9.17, 15) is 23.1 Å². The van der Waals surface area contributed by atoms with E-state index in [4.69, 9.17) is 0 Å². The Bertz CT molecular complexity index is 1180. The number of piperazine rings is 1. The Labute approximate surface area is 188 Å². The first kappa shape index (κ1) is 22.7. The minimum absolute atomic E-state index is 0.213. The van der Waals surface area contributed by atoms with Gasteiger partial charge in [-0.05, 0) is 49.9 Å². The molecule has 0 saturated carbocycles. The molecule has 0 amide bonds. The third kappa shape index (κ3) is 4.82. The first-order chi connectivity index (χ1) is 15.6. The van der Waals surface area contributed by atoms with Crippen molar-refractivity contribution in [2.75, 3.05) is 38.1 Å². The molecule has 0 aliphatic carbocycles. The third-order valence-electron chi connectivity index (χ3n) is 5.75. The van der Waals surface area contributed by atoms with Crippen molar-refractivity contribution in [1.82, 2.24) is 19.0 Å². The van der Waals surface area contributed by atoms with Gasteiger partial charge in [0.1, 0.15) is 5.75 Å². The van der Waals surface area contributed by atoms with Gasteiger partial charge in [0, 0.05) is 32.4 Å². The zero-order valence-electron chi connectivity index (χ0n) is 18.2. The SMILES string of the molecule is Cc1c(O)n(-c2ccc(OC(F)(F)F)cc2)c(=O)n1Cc1ccncc1N1CCN(C)CC1. The zero-order chi connectivity index (χ0) is 23.8. The molecule has 3 heterocycles. The second-order valence-electron chi connectivity index (χ2n) is 7.95. The minimum atomic E-state index is -4.81. The number of hydrogen-bond donors (Lipinski definition) is 1. The van der Waals surface area contributed by atoms with Crippen molar-refractivity contribution in [3.8, 4) is 17.3 Å². The molecule has 0 bridgehead atoms. The number of anilines is 1. The van der Waals surface area contributed by atoms with Gasteiger partial charge in [0.2, 0.25) is 5.88 Å². The van der Waals surface area contributed by atoms with Gasteiger partial charge in [-0.15, -0.1) is 13.2 Å². The molecule has 33 heavy (non-hydrogen) atoms. The average Bonchev–Trinajstić information content (AvgIpc) is 2.98. The molecule has 1 aliphatic rings. The molecule has 0 radical (unpaired) electrons. The van der Waals surface area contributed by atoms with Crippen molar-refractivity contribution in [2.24, 2.45) is 0 Å². The Morgan fingerprint density at radius 2 is 1.76 bits per heavy atom. The second-order valence-corrected chi connectivity index (χ2v) is 7.95. The van der Waals surface area contributed by atoms with Crippen LogP contribution < -0.4 is 15.3 Å². The Kier molecular flexibility index (Phi) is 6.07. The summed E-state index contributed by atoms with van der Waals surface area (Å²) in [5.41, 5.74) is 1.87. The van der Waals surface area contributed by atoms with Gasteiger partial charge in [-0.1, -0.05) is 0 Å². The maximum Gasteiger partial charge on any atom is 0.573 e. The molecule has 1 N–H and O–H groups in total. The minimum Gasteiger partial charge on any atom is -0.493 e. The summed E-state index contributed by atoms with van der Waals surface area (Å²) in [6, 6.07) is 6.60. The quantitative estimate of drug-likeness (QED) is 0.627. The summed E-state index contributed by atoms with van der Waals surface area (Å²) in [7, 11) is 2.07. The van der Waals surface area contributed by atoms with E-state index in [1.807, 2.05) is 6.07 Å². The maximum absolute atomic E-state index is 13.2. The summed E-state index contributed by atoms with van der Waals surface area (Å²) < 4.78 is 43.6. The fourth-order valence-electron chi connectivity index (χ4n) is 3.90. The van der Waals surface area contributed by atoms with E-state index in [1.165, 1.54) is 16.7 Å². The van der Waals surface area contributed by atoms with E-state index in [2.05, 4.69) is 26.6 Å². The Morgan fingerprint density at radius 3 is 2.39 bits per heavy atom. The van der Waals surface area contributed by atoms with Crippen molar-refractivity contribution < 1.29 is 23.0 Å². The molecule has 8 nitrogen and oxygen atoms in total. The van der Waals surface area contributed by atoms with Gasteiger partial charge in [-0.25, -0.2) is 9.36 Å². The zero-order valence-corrected chi connectivity index (χ0v) is 18.2. The fraction of sp³-hybridized carbons (Fsp3) is 0.364. The lowest BCUT2D eigenvalue weighted by atomic mass is 10.2. The highest BCUT2D eigenvalue weighted by Gasteiger charge is 2.31. The van der Waals surface area contributed by atoms with Crippen molar-refractivity contribution >= 4 is 5.69 Å². The first-order valence-corrected chi connectivity index (χ1v) is 10.4. The molecule has 0 atom stereocenters. The third-order valence-corrected chi connectivity index (χ3v) is 5.75. The largest absolute Gasteiger partial charge is 0.573 e. The first-order valence-electron chi connectivity index (χ1n) is 10.4. The molecule has 176 valence electrons. The van der Waals surface area contributed by atoms with E-state index in [1.54, 1.807) is 19.3 Å². The van der Waals surface area contributed by atoms with Crippen molar-refractivity contribution in [3.05, 3.63) is 64.5 Å². The van der Waals surface area contributed by atoms with Gasteiger partial charge >= 0.3 is 12.1 Å². The smallest absolute Gasteiger partial charge is 0.493 e. The van der Waals surface area contributed by atoms with E-state index in [-0.39, 0.29) is 18.1 Å². The Hall–Kier alpha value is -3.47. The summed E-state index contributed by atoms with van der Waals surface area (Å²) in [5, 5.41) is 10.6. The predicted molar refractivity (Wildman–Crippen MR) is 116 cm³/mol. The van der Waals surface area contributed by atoms with Crippen LogP contribution in [0.1, 0.15) is 11.3 Å². The Balaban J connectivity index is 1.64. The van der Waals surface area contributed by atoms with Crippen LogP contribution in [0, 0.1) is 6.92 Å². The molecular formula is C22H24F3N5O3. The van der Waals surface area contributed by atoms with Gasteiger partial charge in [0.15, 0.2) is 0 Å². The highest BCUT2D eigenvalue weighted by atomic mass is 19.4. The van der Waals surface area contributed by atoms with Crippen LogP contribution in [0.3, 0.4) is 0 Å². The Morgan fingerprint density at radius 1 is 1.09 bits per heavy atom. The lowest BCUT2D eigenvalue weighted by Gasteiger charge is -2.34. The molecule has 0 unspecified atom stereocenters. The van der Waals surface area contributed by atoms with Crippen molar-refractivity contribution in [1.29, 1.82) is 0 Å². The summed E-state index contributed by atoms with van der Waals surface area (Å²) in [4.78, 5) is 21.9. The van der Waals surface area contributed by atoms with Crippen molar-refractivity contribution in [3.63, 3.8) is 0 Å². The van der Waals surface area contributed by atoms with Gasteiger partial charge in [0.25, 0.3) is 0 Å². The second kappa shape index (κ2) is 8.81. The van der Waals surface area contributed by atoms with Crippen LogP contribution >= 0.6 is 0 Å². The topological polar surface area (TPSA) is 75.8 Å². The highest BCUT2D eigenvalue weighted by Crippen LogP contribution is 2.27. The molecule has 3 aromatic rings.